The van der Waals surface area contributed by atoms with Crippen molar-refractivity contribution in [1.82, 2.24) is 18.3 Å². The topological polar surface area (TPSA) is 46.8 Å². The van der Waals surface area contributed by atoms with E-state index >= 15 is 17.6 Å². The number of halogens is 4. The zero-order chi connectivity index (χ0) is 62.7. The molecule has 13 aromatic carbocycles. The maximum atomic E-state index is 18.2. The van der Waals surface area contributed by atoms with Gasteiger partial charge in [0.2, 0.25) is 0 Å². The summed E-state index contributed by atoms with van der Waals surface area (Å²) in [7, 11) is 0. The molecule has 0 spiro atoms. The number of nitriles is 1. The van der Waals surface area contributed by atoms with Gasteiger partial charge in [-0.2, -0.15) is 18.4 Å². The van der Waals surface area contributed by atoms with E-state index in [4.69, 9.17) is 0 Å². The molecule has 10 heteroatoms. The molecular weight excluding hydrogens is 1170 g/mol. The van der Waals surface area contributed by atoms with Gasteiger partial charge in [0.1, 0.15) is 6.07 Å². The quantitative estimate of drug-likeness (QED) is 0.142. The molecule has 2 bridgehead atoms. The number of hydrogen-bond acceptors (Lipinski definition) is 2. The van der Waals surface area contributed by atoms with Gasteiger partial charge >= 0.3 is 6.18 Å². The van der Waals surface area contributed by atoms with Gasteiger partial charge < -0.3 is 23.2 Å². The van der Waals surface area contributed by atoms with Gasteiger partial charge in [-0.3, -0.25) is 0 Å². The molecule has 94 heavy (non-hydrogen) atoms. The lowest BCUT2D eigenvalue weighted by Crippen LogP contribution is -2.41. The molecule has 0 saturated heterocycles. The minimum absolute atomic E-state index is 0.261. The number of nitrogens with zero attached hydrogens (tertiary/aromatic N) is 6. The Hall–Kier alpha value is -12.2. The number of anilines is 2. The molecule has 0 radical (unpaired) electrons. The Labute approximate surface area is 535 Å². The van der Waals surface area contributed by atoms with Crippen molar-refractivity contribution in [2.75, 3.05) is 4.90 Å². The van der Waals surface area contributed by atoms with E-state index in [0.717, 1.165) is 99.8 Å². The van der Waals surface area contributed by atoms with E-state index in [-0.39, 0.29) is 5.56 Å². The highest BCUT2D eigenvalue weighted by molar-refractivity contribution is 6.18. The van der Waals surface area contributed by atoms with Crippen LogP contribution in [0.4, 0.5) is 28.9 Å². The predicted molar refractivity (Wildman–Crippen MR) is 374 cm³/mol. The molecule has 6 nitrogen and oxygen atoms in total. The fourth-order valence-electron chi connectivity index (χ4n) is 15.9. The van der Waals surface area contributed by atoms with Crippen LogP contribution < -0.4 is 4.90 Å². The molecule has 0 fully saturated rings. The van der Waals surface area contributed by atoms with Crippen LogP contribution in [0.25, 0.3) is 143 Å². The fourth-order valence-corrected chi connectivity index (χ4v) is 15.9. The van der Waals surface area contributed by atoms with Gasteiger partial charge in [-0.1, -0.05) is 206 Å². The second-order valence-electron chi connectivity index (χ2n) is 24.5. The van der Waals surface area contributed by atoms with E-state index in [1.165, 1.54) is 6.07 Å². The number of allylic oxidation sites excluding steroid dienone is 2. The standard InChI is InChI=1S/C84H50F4N6/c85-81-63-48-77(81)94(72-41-19-8-30-58(63)72)83-79(60-32-10-21-43-74(60)91-67-36-14-3-25-53(67)54-26-4-15-37-68(54)91)64(49-89)78(59-31-9-20-42-73(59)90-65-34-12-1-23-51(65)52-24-2-13-35-66(52)90)82(93-71-40-18-7-29-57(71)62-47-50(84(86,87)88)45-46-76(62)93)80(83)61-33-11-22-44-75(61)92-69-38-16-5-27-55(69)56-28-6-17-39-70(56)92/h1-48,63,81H/t63?,81-/m0/s1. The first-order chi connectivity index (χ1) is 46.2. The average Bonchev–Trinajstić information content (AvgIpc) is 0.802. The van der Waals surface area contributed by atoms with Gasteiger partial charge in [-0.15, -0.1) is 0 Å². The Bertz CT molecular complexity index is 6020. The average molecular weight is 1220 g/mol. The van der Waals surface area contributed by atoms with Crippen LogP contribution in [0.1, 0.15) is 22.6 Å². The lowest BCUT2D eigenvalue weighted by molar-refractivity contribution is -0.137. The van der Waals surface area contributed by atoms with Crippen molar-refractivity contribution in [3.63, 3.8) is 0 Å². The predicted octanol–water partition coefficient (Wildman–Crippen LogP) is 22.4. The first-order valence-corrected chi connectivity index (χ1v) is 31.5. The molecule has 17 aromatic rings. The molecule has 0 N–H and O–H groups in total. The molecule has 0 saturated carbocycles. The first-order valence-electron chi connectivity index (χ1n) is 31.5. The summed E-state index contributed by atoms with van der Waals surface area (Å²) in [5.41, 5.74) is 15.1. The first kappa shape index (κ1) is 53.6. The van der Waals surface area contributed by atoms with Crippen molar-refractivity contribution in [1.29, 1.82) is 5.26 Å². The van der Waals surface area contributed by atoms with E-state index in [2.05, 4.69) is 163 Å². The highest BCUT2D eigenvalue weighted by atomic mass is 19.4. The number of benzene rings is 13. The molecule has 1 aliphatic carbocycles. The van der Waals surface area contributed by atoms with E-state index < -0.39 is 23.8 Å². The van der Waals surface area contributed by atoms with Crippen LogP contribution in [-0.2, 0) is 6.18 Å². The Morgan fingerprint density at radius 3 is 1.06 bits per heavy atom. The zero-order valence-corrected chi connectivity index (χ0v) is 50.1. The smallest absolute Gasteiger partial charge is 0.310 e. The van der Waals surface area contributed by atoms with E-state index in [1.807, 2.05) is 140 Å². The van der Waals surface area contributed by atoms with Crippen LogP contribution >= 0.6 is 0 Å². The largest absolute Gasteiger partial charge is 0.416 e. The normalized spacial score (nSPS) is 14.6. The van der Waals surface area contributed by atoms with Crippen molar-refractivity contribution in [2.24, 2.45) is 0 Å². The number of hydrogen-bond donors (Lipinski definition) is 0. The Balaban J connectivity index is 1.10. The molecule has 6 heterocycles. The summed E-state index contributed by atoms with van der Waals surface area (Å²) in [6, 6.07) is 97.4. The Morgan fingerprint density at radius 2 is 0.660 bits per heavy atom. The molecular formula is C84H50F4N6. The summed E-state index contributed by atoms with van der Waals surface area (Å²) in [5.74, 6) is -0.531. The third-order valence-corrected chi connectivity index (χ3v) is 19.7. The summed E-state index contributed by atoms with van der Waals surface area (Å²) in [4.78, 5) is 2.07. The summed E-state index contributed by atoms with van der Waals surface area (Å²) < 4.78 is 73.4. The van der Waals surface area contributed by atoms with Crippen molar-refractivity contribution in [3.05, 3.63) is 314 Å². The second kappa shape index (κ2) is 20.2. The maximum absolute atomic E-state index is 18.2. The molecule has 20 rings (SSSR count). The van der Waals surface area contributed by atoms with Gasteiger partial charge in [0.15, 0.2) is 6.17 Å². The SMILES string of the molecule is N#Cc1c(-c2ccccc2-n2c3ccccc3c3ccccc32)c(N2C3=CC(c4ccccc42)[C@@H]3F)c(-c2ccccc2-n2c3ccccc3c3ccccc32)c(-n2c3ccccc3c3cc(C(F)(F)F)ccc32)c1-c1ccccc1-n1c2ccccc2c2ccccc21. The van der Waals surface area contributed by atoms with Gasteiger partial charge in [0, 0.05) is 88.1 Å². The Kier molecular flexibility index (Phi) is 11.5. The van der Waals surface area contributed by atoms with Crippen molar-refractivity contribution >= 4 is 98.6 Å². The van der Waals surface area contributed by atoms with Crippen LogP contribution in [0.3, 0.4) is 0 Å². The lowest BCUT2D eigenvalue weighted by atomic mass is 9.75. The molecule has 444 valence electrons. The number of alkyl halides is 4. The van der Waals surface area contributed by atoms with Crippen molar-refractivity contribution in [2.45, 2.75) is 18.3 Å². The van der Waals surface area contributed by atoms with Gasteiger partial charge in [-0.05, 0) is 90.5 Å². The monoisotopic (exact) mass is 1220 g/mol. The van der Waals surface area contributed by atoms with Gasteiger partial charge in [0.05, 0.1) is 89.4 Å². The fraction of sp³-hybridized carbons (Fsp3) is 0.0357. The van der Waals surface area contributed by atoms with Crippen molar-refractivity contribution in [3.8, 4) is 62.2 Å². The molecule has 4 aromatic heterocycles. The summed E-state index contributed by atoms with van der Waals surface area (Å²) in [5, 5.41) is 20.4. The molecule has 2 aliphatic heterocycles. The van der Waals surface area contributed by atoms with Crippen LogP contribution in [0.5, 0.6) is 0 Å². The zero-order valence-electron chi connectivity index (χ0n) is 50.1. The van der Waals surface area contributed by atoms with E-state index in [9.17, 15) is 5.26 Å². The number of para-hydroxylation sites is 11. The summed E-state index contributed by atoms with van der Waals surface area (Å²) >= 11 is 0. The highest BCUT2D eigenvalue weighted by Crippen LogP contribution is 2.62. The number of rotatable bonds is 8. The van der Waals surface area contributed by atoms with Crippen LogP contribution in [0.15, 0.2) is 297 Å². The van der Waals surface area contributed by atoms with E-state index in [1.54, 1.807) is 6.07 Å². The second-order valence-corrected chi connectivity index (χ2v) is 24.5. The molecule has 2 atom stereocenters. The number of aromatic nitrogens is 4. The minimum atomic E-state index is -4.68. The van der Waals surface area contributed by atoms with E-state index in [0.29, 0.717) is 72.3 Å². The van der Waals surface area contributed by atoms with Crippen LogP contribution in [0.2, 0.25) is 0 Å². The van der Waals surface area contributed by atoms with Crippen LogP contribution in [0, 0.1) is 11.3 Å². The maximum Gasteiger partial charge on any atom is 0.416 e. The lowest BCUT2D eigenvalue weighted by Gasteiger charge is -2.47. The molecule has 0 amide bonds. The van der Waals surface area contributed by atoms with Gasteiger partial charge in [0.25, 0.3) is 0 Å². The third-order valence-electron chi connectivity index (χ3n) is 19.7. The highest BCUT2D eigenvalue weighted by Gasteiger charge is 2.48. The molecule has 3 aliphatic rings. The van der Waals surface area contributed by atoms with Gasteiger partial charge in [-0.25, -0.2) is 4.39 Å². The summed E-state index contributed by atoms with van der Waals surface area (Å²) in [6.07, 6.45) is -4.12. The van der Waals surface area contributed by atoms with Crippen molar-refractivity contribution < 1.29 is 17.6 Å². The third kappa shape index (κ3) is 7.46. The minimum Gasteiger partial charge on any atom is -0.310 e. The Morgan fingerprint density at radius 1 is 0.330 bits per heavy atom. The number of fused-ring (bicyclic) bond motifs is 12. The summed E-state index contributed by atoms with van der Waals surface area (Å²) in [6.45, 7) is 0. The molecule has 1 unspecified atom stereocenters. The van der Waals surface area contributed by atoms with Crippen LogP contribution in [-0.4, -0.2) is 24.4 Å².